The van der Waals surface area contributed by atoms with Gasteiger partial charge in [-0.3, -0.25) is 4.79 Å². The normalized spacial score (nSPS) is 42.3. The highest BCUT2D eigenvalue weighted by molar-refractivity contribution is 5.87. The lowest BCUT2D eigenvalue weighted by Crippen LogP contribution is -2.67. The first-order valence-corrected chi connectivity index (χ1v) is 5.75. The van der Waals surface area contributed by atoms with Crippen LogP contribution in [-0.2, 0) is 9.53 Å². The summed E-state index contributed by atoms with van der Waals surface area (Å²) in [5.74, 6) is 0.0773. The molecule has 0 bridgehead atoms. The quantitative estimate of drug-likeness (QED) is 0.636. The molecule has 4 nitrogen and oxygen atoms in total. The Bertz CT molecular complexity index is 261. The van der Waals surface area contributed by atoms with Crippen molar-refractivity contribution in [1.82, 2.24) is 4.90 Å². The van der Waals surface area contributed by atoms with Crippen LogP contribution in [0, 0.1) is 0 Å². The van der Waals surface area contributed by atoms with Gasteiger partial charge in [-0.2, -0.15) is 0 Å². The number of ether oxygens (including phenoxy) is 1. The fourth-order valence-electron chi connectivity index (χ4n) is 2.65. The number of nitrogens with two attached hydrogens (primary N) is 1. The van der Waals surface area contributed by atoms with E-state index >= 15 is 0 Å². The van der Waals surface area contributed by atoms with Gasteiger partial charge >= 0.3 is 0 Å². The zero-order valence-corrected chi connectivity index (χ0v) is 9.53. The molecule has 0 radical (unpaired) electrons. The van der Waals surface area contributed by atoms with Gasteiger partial charge in [-0.05, 0) is 32.6 Å². The molecule has 1 spiro atoms. The second kappa shape index (κ2) is 3.76. The molecule has 2 aliphatic rings. The third kappa shape index (κ3) is 1.56. The average molecular weight is 212 g/mol. The summed E-state index contributed by atoms with van der Waals surface area (Å²) in [6, 6.07) is 0.0835. The molecule has 2 rings (SSSR count). The van der Waals surface area contributed by atoms with Crippen LogP contribution in [0.15, 0.2) is 0 Å². The Balaban J connectivity index is 2.25. The summed E-state index contributed by atoms with van der Waals surface area (Å²) in [4.78, 5) is 14.0. The highest BCUT2D eigenvalue weighted by Crippen LogP contribution is 2.35. The van der Waals surface area contributed by atoms with Crippen LogP contribution in [-0.4, -0.2) is 42.1 Å². The standard InChI is InChI=1S/C11H20N2O2/c1-8-7-9(12)11(10(14)13(8)2)5-3-4-6-15-11/h8-9H,3-7,12H2,1-2H3. The van der Waals surface area contributed by atoms with Crippen LogP contribution in [0.1, 0.15) is 32.6 Å². The Morgan fingerprint density at radius 2 is 2.27 bits per heavy atom. The fraction of sp³-hybridized carbons (Fsp3) is 0.909. The van der Waals surface area contributed by atoms with Crippen molar-refractivity contribution in [1.29, 1.82) is 0 Å². The monoisotopic (exact) mass is 212 g/mol. The summed E-state index contributed by atoms with van der Waals surface area (Å²) in [6.45, 7) is 2.70. The Morgan fingerprint density at radius 1 is 1.53 bits per heavy atom. The maximum atomic E-state index is 12.2. The maximum Gasteiger partial charge on any atom is 0.256 e. The van der Waals surface area contributed by atoms with Crippen LogP contribution in [0.25, 0.3) is 0 Å². The van der Waals surface area contributed by atoms with Crippen molar-refractivity contribution in [3.05, 3.63) is 0 Å². The van der Waals surface area contributed by atoms with E-state index in [2.05, 4.69) is 0 Å². The molecule has 0 aromatic rings. The molecule has 1 amide bonds. The molecule has 2 aliphatic heterocycles. The van der Waals surface area contributed by atoms with Gasteiger partial charge in [0, 0.05) is 25.7 Å². The molecular weight excluding hydrogens is 192 g/mol. The minimum absolute atomic E-state index is 0.0773. The van der Waals surface area contributed by atoms with Crippen LogP contribution in [0.3, 0.4) is 0 Å². The van der Waals surface area contributed by atoms with Crippen molar-refractivity contribution in [3.8, 4) is 0 Å². The van der Waals surface area contributed by atoms with Gasteiger partial charge < -0.3 is 15.4 Å². The van der Waals surface area contributed by atoms with E-state index in [9.17, 15) is 4.79 Å². The van der Waals surface area contributed by atoms with Crippen molar-refractivity contribution in [3.63, 3.8) is 0 Å². The smallest absolute Gasteiger partial charge is 0.256 e. The summed E-state index contributed by atoms with van der Waals surface area (Å²) in [6.07, 6.45) is 3.70. The van der Waals surface area contributed by atoms with Crippen molar-refractivity contribution >= 4 is 5.91 Å². The van der Waals surface area contributed by atoms with Gasteiger partial charge in [0.25, 0.3) is 5.91 Å². The number of amides is 1. The third-order valence-electron chi connectivity index (χ3n) is 3.84. The minimum atomic E-state index is -0.709. The number of hydrogen-bond donors (Lipinski definition) is 1. The lowest BCUT2D eigenvalue weighted by molar-refractivity contribution is -0.178. The molecule has 2 saturated heterocycles. The van der Waals surface area contributed by atoms with Gasteiger partial charge in [-0.15, -0.1) is 0 Å². The number of carbonyl (C=O) groups is 1. The molecule has 2 heterocycles. The molecule has 15 heavy (non-hydrogen) atoms. The van der Waals surface area contributed by atoms with Crippen LogP contribution in [0.2, 0.25) is 0 Å². The van der Waals surface area contributed by atoms with Gasteiger partial charge in [0.15, 0.2) is 5.60 Å². The van der Waals surface area contributed by atoms with E-state index in [0.717, 1.165) is 25.7 Å². The van der Waals surface area contributed by atoms with Crippen molar-refractivity contribution in [2.45, 2.75) is 50.3 Å². The SMILES string of the molecule is CC1CC(N)C2(CCCCO2)C(=O)N1C. The highest BCUT2D eigenvalue weighted by atomic mass is 16.5. The second-order valence-electron chi connectivity index (χ2n) is 4.80. The van der Waals surface area contributed by atoms with E-state index in [-0.39, 0.29) is 18.0 Å². The maximum absolute atomic E-state index is 12.2. The fourth-order valence-corrected chi connectivity index (χ4v) is 2.65. The van der Waals surface area contributed by atoms with E-state index in [1.165, 1.54) is 0 Å². The topological polar surface area (TPSA) is 55.6 Å². The molecule has 3 atom stereocenters. The van der Waals surface area contributed by atoms with Gasteiger partial charge in [0.05, 0.1) is 0 Å². The summed E-state index contributed by atoms with van der Waals surface area (Å²) in [5.41, 5.74) is 5.41. The van der Waals surface area contributed by atoms with Crippen molar-refractivity contribution < 1.29 is 9.53 Å². The summed E-state index contributed by atoms with van der Waals surface area (Å²) in [7, 11) is 1.85. The average Bonchev–Trinajstić information content (AvgIpc) is 2.26. The first-order valence-electron chi connectivity index (χ1n) is 5.75. The molecular formula is C11H20N2O2. The number of carbonyl (C=O) groups excluding carboxylic acids is 1. The molecule has 2 fully saturated rings. The summed E-state index contributed by atoms with van der Waals surface area (Å²) < 4.78 is 5.73. The van der Waals surface area contributed by atoms with Gasteiger partial charge in [0.1, 0.15) is 0 Å². The molecule has 2 N–H and O–H groups in total. The number of rotatable bonds is 0. The van der Waals surface area contributed by atoms with Crippen molar-refractivity contribution in [2.75, 3.05) is 13.7 Å². The van der Waals surface area contributed by atoms with E-state index in [1.807, 2.05) is 14.0 Å². The zero-order valence-electron chi connectivity index (χ0n) is 9.53. The second-order valence-corrected chi connectivity index (χ2v) is 4.80. The lowest BCUT2D eigenvalue weighted by Gasteiger charge is -2.48. The number of likely N-dealkylation sites (N-methyl/N-ethyl adjacent to an activating group) is 1. The molecule has 0 aliphatic carbocycles. The predicted octanol–water partition coefficient (Wildman–Crippen LogP) is 0.504. The summed E-state index contributed by atoms with van der Waals surface area (Å²) in [5, 5.41) is 0. The lowest BCUT2D eigenvalue weighted by atomic mass is 9.79. The number of piperidine rings is 1. The number of likely N-dealkylation sites (tertiary alicyclic amines) is 1. The number of nitrogens with zero attached hydrogens (tertiary/aromatic N) is 1. The molecule has 4 heteroatoms. The van der Waals surface area contributed by atoms with Gasteiger partial charge in [0.2, 0.25) is 0 Å². The Labute approximate surface area is 90.8 Å². The van der Waals surface area contributed by atoms with Crippen LogP contribution in [0.5, 0.6) is 0 Å². The molecule has 0 aromatic carbocycles. The first kappa shape index (κ1) is 10.9. The first-order chi connectivity index (χ1) is 7.08. The third-order valence-corrected chi connectivity index (χ3v) is 3.84. The Hall–Kier alpha value is -0.610. The molecule has 0 saturated carbocycles. The number of hydrogen-bond acceptors (Lipinski definition) is 3. The molecule has 3 unspecified atom stereocenters. The van der Waals surface area contributed by atoms with E-state index < -0.39 is 5.60 Å². The minimum Gasteiger partial charge on any atom is -0.363 e. The van der Waals surface area contributed by atoms with Gasteiger partial charge in [-0.1, -0.05) is 0 Å². The van der Waals surface area contributed by atoms with E-state index in [1.54, 1.807) is 4.90 Å². The zero-order chi connectivity index (χ0) is 11.1. The Morgan fingerprint density at radius 3 is 2.87 bits per heavy atom. The Kier molecular flexibility index (Phi) is 2.73. The predicted molar refractivity (Wildman–Crippen MR) is 57.4 cm³/mol. The molecule has 86 valence electrons. The van der Waals surface area contributed by atoms with E-state index in [0.29, 0.717) is 6.61 Å². The summed E-state index contributed by atoms with van der Waals surface area (Å²) >= 11 is 0. The van der Waals surface area contributed by atoms with Crippen LogP contribution >= 0.6 is 0 Å². The highest BCUT2D eigenvalue weighted by Gasteiger charge is 2.52. The van der Waals surface area contributed by atoms with Gasteiger partial charge in [-0.25, -0.2) is 0 Å². The van der Waals surface area contributed by atoms with Crippen LogP contribution < -0.4 is 5.73 Å². The largest absolute Gasteiger partial charge is 0.363 e. The van der Waals surface area contributed by atoms with Crippen LogP contribution in [0.4, 0.5) is 0 Å². The van der Waals surface area contributed by atoms with E-state index in [4.69, 9.17) is 10.5 Å². The van der Waals surface area contributed by atoms with Crippen molar-refractivity contribution in [2.24, 2.45) is 5.73 Å². The molecule has 0 aromatic heterocycles.